The molecule has 0 aliphatic rings. The van der Waals surface area contributed by atoms with Gasteiger partial charge in [-0.25, -0.2) is 4.68 Å². The third-order valence-electron chi connectivity index (χ3n) is 2.81. The van der Waals surface area contributed by atoms with E-state index in [1.54, 1.807) is 17.9 Å². The molecule has 2 heterocycles. The summed E-state index contributed by atoms with van der Waals surface area (Å²) in [6, 6.07) is 1.52. The third-order valence-corrected chi connectivity index (χ3v) is 3.30. The van der Waals surface area contributed by atoms with Crippen LogP contribution in [0.2, 0.25) is 5.02 Å². The highest BCUT2D eigenvalue weighted by molar-refractivity contribution is 6.31. The Kier molecular flexibility index (Phi) is 3.90. The molecule has 0 saturated heterocycles. The van der Waals surface area contributed by atoms with E-state index in [-0.39, 0.29) is 5.56 Å². The molecule has 2 rings (SSSR count). The first-order valence-corrected chi connectivity index (χ1v) is 6.39. The Morgan fingerprint density at radius 1 is 1.47 bits per heavy atom. The summed E-state index contributed by atoms with van der Waals surface area (Å²) in [6.07, 6.45) is 1.63. The average molecular weight is 282 g/mol. The quantitative estimate of drug-likeness (QED) is 0.920. The first-order chi connectivity index (χ1) is 9.02. The number of nitrogens with one attached hydrogen (secondary N) is 1. The number of nitrogens with zero attached hydrogens (tertiary/aromatic N) is 4. The van der Waals surface area contributed by atoms with Gasteiger partial charge in [-0.05, 0) is 13.8 Å². The normalized spacial score (nSPS) is 10.7. The van der Waals surface area contributed by atoms with Crippen LogP contribution < -0.4 is 10.9 Å². The van der Waals surface area contributed by atoms with E-state index in [2.05, 4.69) is 15.5 Å². The zero-order chi connectivity index (χ0) is 14.0. The van der Waals surface area contributed by atoms with E-state index in [1.165, 1.54) is 10.7 Å². The Bertz CT molecular complexity index is 646. The molecule has 0 atom stereocenters. The molecule has 6 nitrogen and oxygen atoms in total. The van der Waals surface area contributed by atoms with Crippen LogP contribution >= 0.6 is 11.6 Å². The lowest BCUT2D eigenvalue weighted by Gasteiger charge is -2.07. The molecule has 0 aromatic carbocycles. The van der Waals surface area contributed by atoms with E-state index >= 15 is 0 Å². The van der Waals surface area contributed by atoms with Crippen molar-refractivity contribution < 1.29 is 0 Å². The van der Waals surface area contributed by atoms with Crippen molar-refractivity contribution in [3.05, 3.63) is 39.0 Å². The van der Waals surface area contributed by atoms with E-state index in [9.17, 15) is 4.79 Å². The largest absolute Gasteiger partial charge is 0.384 e. The van der Waals surface area contributed by atoms with Crippen molar-refractivity contribution in [2.45, 2.75) is 20.4 Å². The minimum absolute atomic E-state index is 0.173. The monoisotopic (exact) mass is 281 g/mol. The summed E-state index contributed by atoms with van der Waals surface area (Å²) < 4.78 is 3.03. The molecular weight excluding hydrogens is 266 g/mol. The molecule has 102 valence electrons. The van der Waals surface area contributed by atoms with Gasteiger partial charge in [-0.2, -0.15) is 10.2 Å². The minimum Gasteiger partial charge on any atom is -0.384 e. The van der Waals surface area contributed by atoms with Crippen molar-refractivity contribution >= 4 is 17.3 Å². The van der Waals surface area contributed by atoms with Gasteiger partial charge in [0.25, 0.3) is 5.56 Å². The summed E-state index contributed by atoms with van der Waals surface area (Å²) in [5.41, 5.74) is 2.06. The molecule has 1 N–H and O–H groups in total. The first-order valence-electron chi connectivity index (χ1n) is 6.02. The smallest absolute Gasteiger partial charge is 0.269 e. The highest BCUT2D eigenvalue weighted by Gasteiger charge is 2.12. The van der Waals surface area contributed by atoms with Crippen LogP contribution in [0.4, 0.5) is 5.69 Å². The first kappa shape index (κ1) is 13.6. The lowest BCUT2D eigenvalue weighted by atomic mass is 10.3. The van der Waals surface area contributed by atoms with Crippen molar-refractivity contribution in [1.82, 2.24) is 19.6 Å². The van der Waals surface area contributed by atoms with Crippen molar-refractivity contribution in [2.24, 2.45) is 7.05 Å². The fourth-order valence-corrected chi connectivity index (χ4v) is 2.07. The van der Waals surface area contributed by atoms with Gasteiger partial charge >= 0.3 is 0 Å². The maximum atomic E-state index is 11.9. The fourth-order valence-electron chi connectivity index (χ4n) is 1.85. The van der Waals surface area contributed by atoms with Gasteiger partial charge in [-0.1, -0.05) is 11.6 Å². The minimum atomic E-state index is -0.173. The SMILES string of the molecule is CCNc1cnn(Cc2c(Cl)c(C)nn2C)c(=O)c1. The molecular formula is C12H16ClN5O. The zero-order valence-electron chi connectivity index (χ0n) is 11.1. The molecule has 2 aromatic heterocycles. The molecule has 0 aliphatic carbocycles. The van der Waals surface area contributed by atoms with Crippen LogP contribution in [0.15, 0.2) is 17.1 Å². The number of aryl methyl sites for hydroxylation is 2. The average Bonchev–Trinajstić information content (AvgIpc) is 2.59. The van der Waals surface area contributed by atoms with Crippen molar-refractivity contribution in [3.8, 4) is 0 Å². The molecule has 0 spiro atoms. The van der Waals surface area contributed by atoms with Crippen LogP contribution in [0, 0.1) is 6.92 Å². The zero-order valence-corrected chi connectivity index (χ0v) is 11.9. The highest BCUT2D eigenvalue weighted by Crippen LogP contribution is 2.19. The summed E-state index contributed by atoms with van der Waals surface area (Å²) in [6.45, 7) is 4.85. The van der Waals surface area contributed by atoms with Gasteiger partial charge < -0.3 is 5.32 Å². The summed E-state index contributed by atoms with van der Waals surface area (Å²) in [7, 11) is 1.80. The molecule has 2 aromatic rings. The number of aromatic nitrogens is 4. The topological polar surface area (TPSA) is 64.7 Å². The van der Waals surface area contributed by atoms with E-state index in [0.717, 1.165) is 23.6 Å². The standard InChI is InChI=1S/C12H16ClN5O/c1-4-14-9-5-11(19)18(15-6-9)7-10-12(13)8(2)16-17(10)3/h5-6,14H,4,7H2,1-3H3. The number of hydrogen-bond donors (Lipinski definition) is 1. The van der Waals surface area contributed by atoms with Crippen LogP contribution in [0.3, 0.4) is 0 Å². The van der Waals surface area contributed by atoms with Crippen LogP contribution in [-0.4, -0.2) is 26.1 Å². The van der Waals surface area contributed by atoms with Crippen molar-refractivity contribution in [1.29, 1.82) is 0 Å². The molecule has 0 aliphatic heterocycles. The molecule has 0 bridgehead atoms. The third kappa shape index (κ3) is 2.78. The van der Waals surface area contributed by atoms with Crippen molar-refractivity contribution in [2.75, 3.05) is 11.9 Å². The lowest BCUT2D eigenvalue weighted by molar-refractivity contribution is 0.591. The van der Waals surface area contributed by atoms with E-state index < -0.39 is 0 Å². The molecule has 0 fully saturated rings. The molecule has 7 heteroatoms. The second kappa shape index (κ2) is 5.44. The number of halogens is 1. The molecule has 0 radical (unpaired) electrons. The number of rotatable bonds is 4. The fraction of sp³-hybridized carbons (Fsp3) is 0.417. The maximum Gasteiger partial charge on any atom is 0.269 e. The molecule has 19 heavy (non-hydrogen) atoms. The lowest BCUT2D eigenvalue weighted by Crippen LogP contribution is -2.24. The predicted octanol–water partition coefficient (Wildman–Crippen LogP) is 1.42. The summed E-state index contributed by atoms with van der Waals surface area (Å²) in [5, 5.41) is 12.0. The molecule has 0 unspecified atom stereocenters. The molecule has 0 amide bonds. The van der Waals surface area contributed by atoms with Gasteiger partial charge in [0.15, 0.2) is 0 Å². The highest BCUT2D eigenvalue weighted by atomic mass is 35.5. The maximum absolute atomic E-state index is 11.9. The Balaban J connectivity index is 2.31. The predicted molar refractivity (Wildman–Crippen MR) is 74.7 cm³/mol. The Morgan fingerprint density at radius 2 is 2.21 bits per heavy atom. The van der Waals surface area contributed by atoms with E-state index in [4.69, 9.17) is 11.6 Å². The van der Waals surface area contributed by atoms with Crippen LogP contribution in [0.5, 0.6) is 0 Å². The van der Waals surface area contributed by atoms with Crippen LogP contribution in [0.1, 0.15) is 18.3 Å². The van der Waals surface area contributed by atoms with Gasteiger partial charge in [0.1, 0.15) is 0 Å². The Labute approximate surface area is 116 Å². The Hall–Kier alpha value is -1.82. The second-order valence-corrected chi connectivity index (χ2v) is 4.62. The van der Waals surface area contributed by atoms with Gasteiger partial charge in [-0.3, -0.25) is 9.48 Å². The summed E-state index contributed by atoms with van der Waals surface area (Å²) >= 11 is 6.16. The summed E-state index contributed by atoms with van der Waals surface area (Å²) in [4.78, 5) is 11.9. The van der Waals surface area contributed by atoms with Gasteiger partial charge in [0.05, 0.1) is 34.8 Å². The van der Waals surface area contributed by atoms with Crippen LogP contribution in [-0.2, 0) is 13.6 Å². The van der Waals surface area contributed by atoms with Gasteiger partial charge in [0, 0.05) is 19.7 Å². The van der Waals surface area contributed by atoms with E-state index in [1.807, 2.05) is 13.8 Å². The van der Waals surface area contributed by atoms with E-state index in [0.29, 0.717) is 11.6 Å². The van der Waals surface area contributed by atoms with Crippen molar-refractivity contribution in [3.63, 3.8) is 0 Å². The summed E-state index contributed by atoms with van der Waals surface area (Å²) in [5.74, 6) is 0. The second-order valence-electron chi connectivity index (χ2n) is 4.24. The number of anilines is 1. The van der Waals surface area contributed by atoms with Gasteiger partial charge in [0.2, 0.25) is 0 Å². The molecule has 0 saturated carbocycles. The van der Waals surface area contributed by atoms with Crippen LogP contribution in [0.25, 0.3) is 0 Å². The Morgan fingerprint density at radius 3 is 2.74 bits per heavy atom. The number of hydrogen-bond acceptors (Lipinski definition) is 4. The van der Waals surface area contributed by atoms with Gasteiger partial charge in [-0.15, -0.1) is 0 Å².